The van der Waals surface area contributed by atoms with Crippen molar-refractivity contribution in [3.63, 3.8) is 0 Å². The molecule has 0 unspecified atom stereocenters. The van der Waals surface area contributed by atoms with Gasteiger partial charge in [0, 0.05) is 7.11 Å². The minimum absolute atomic E-state index is 0.216. The summed E-state index contributed by atoms with van der Waals surface area (Å²) in [6, 6.07) is 6.76. The SMILES string of the molecule is COc1ccccc1C(=O)N[C@@H]1CCC[C@@H](OC)[C@@H]1O. The molecule has 1 saturated carbocycles. The lowest BCUT2D eigenvalue weighted by atomic mass is 9.89. The van der Waals surface area contributed by atoms with E-state index in [1.165, 1.54) is 7.11 Å². The van der Waals surface area contributed by atoms with Gasteiger partial charge >= 0.3 is 0 Å². The van der Waals surface area contributed by atoms with Gasteiger partial charge in [-0.15, -0.1) is 0 Å². The summed E-state index contributed by atoms with van der Waals surface area (Å²) >= 11 is 0. The quantitative estimate of drug-likeness (QED) is 0.873. The summed E-state index contributed by atoms with van der Waals surface area (Å²) in [5, 5.41) is 13.1. The number of benzene rings is 1. The fourth-order valence-corrected chi connectivity index (χ4v) is 2.63. The topological polar surface area (TPSA) is 67.8 Å². The second kappa shape index (κ2) is 6.72. The van der Waals surface area contributed by atoms with Gasteiger partial charge in [-0.05, 0) is 31.4 Å². The third-order valence-corrected chi connectivity index (χ3v) is 3.77. The lowest BCUT2D eigenvalue weighted by molar-refractivity contribution is -0.0513. The van der Waals surface area contributed by atoms with E-state index < -0.39 is 6.10 Å². The maximum absolute atomic E-state index is 12.3. The van der Waals surface area contributed by atoms with Gasteiger partial charge in [0.25, 0.3) is 5.91 Å². The molecule has 110 valence electrons. The normalized spacial score (nSPS) is 26.1. The van der Waals surface area contributed by atoms with E-state index in [0.717, 1.165) is 19.3 Å². The number of rotatable bonds is 4. The van der Waals surface area contributed by atoms with Crippen LogP contribution in [0.2, 0.25) is 0 Å². The van der Waals surface area contributed by atoms with Crippen LogP contribution in [0.3, 0.4) is 0 Å². The number of hydrogen-bond acceptors (Lipinski definition) is 4. The molecule has 1 aliphatic rings. The fourth-order valence-electron chi connectivity index (χ4n) is 2.63. The van der Waals surface area contributed by atoms with Crippen LogP contribution in [0.1, 0.15) is 29.6 Å². The number of carbonyl (C=O) groups excluding carboxylic acids is 1. The molecule has 0 spiro atoms. The fraction of sp³-hybridized carbons (Fsp3) is 0.533. The van der Waals surface area contributed by atoms with Crippen LogP contribution < -0.4 is 10.1 Å². The Kier molecular flexibility index (Phi) is 4.98. The number of para-hydroxylation sites is 1. The molecule has 5 nitrogen and oxygen atoms in total. The number of ether oxygens (including phenoxy) is 2. The molecule has 0 heterocycles. The van der Waals surface area contributed by atoms with Gasteiger partial charge < -0.3 is 19.9 Å². The molecule has 1 aromatic rings. The number of aliphatic hydroxyl groups excluding tert-OH is 1. The molecule has 2 N–H and O–H groups in total. The molecule has 1 aliphatic carbocycles. The largest absolute Gasteiger partial charge is 0.496 e. The zero-order valence-electron chi connectivity index (χ0n) is 11.8. The van der Waals surface area contributed by atoms with Gasteiger partial charge in [-0.1, -0.05) is 12.1 Å². The third-order valence-electron chi connectivity index (χ3n) is 3.77. The number of nitrogens with one attached hydrogen (secondary N) is 1. The minimum Gasteiger partial charge on any atom is -0.496 e. The number of carbonyl (C=O) groups is 1. The minimum atomic E-state index is -0.674. The molecular weight excluding hydrogens is 258 g/mol. The summed E-state index contributed by atoms with van der Waals surface area (Å²) in [4.78, 5) is 12.3. The van der Waals surface area contributed by atoms with E-state index in [1.54, 1.807) is 25.3 Å². The molecule has 1 fully saturated rings. The van der Waals surface area contributed by atoms with E-state index in [4.69, 9.17) is 9.47 Å². The van der Waals surface area contributed by atoms with E-state index in [-0.39, 0.29) is 18.1 Å². The molecule has 1 amide bonds. The first kappa shape index (κ1) is 14.8. The highest BCUT2D eigenvalue weighted by atomic mass is 16.5. The predicted molar refractivity (Wildman–Crippen MR) is 74.9 cm³/mol. The van der Waals surface area contributed by atoms with Crippen molar-refractivity contribution in [2.24, 2.45) is 0 Å². The van der Waals surface area contributed by atoms with E-state index in [2.05, 4.69) is 5.32 Å². The Morgan fingerprint density at radius 3 is 2.75 bits per heavy atom. The van der Waals surface area contributed by atoms with Crippen molar-refractivity contribution < 1.29 is 19.4 Å². The van der Waals surface area contributed by atoms with Gasteiger partial charge in [-0.3, -0.25) is 4.79 Å². The van der Waals surface area contributed by atoms with Crippen molar-refractivity contribution in [3.8, 4) is 5.75 Å². The lowest BCUT2D eigenvalue weighted by Crippen LogP contribution is -2.51. The maximum Gasteiger partial charge on any atom is 0.255 e. The molecule has 0 radical (unpaired) electrons. The standard InChI is InChI=1S/C15H21NO4/c1-19-12-8-4-3-6-10(12)15(18)16-11-7-5-9-13(20-2)14(11)17/h3-4,6,8,11,13-14,17H,5,7,9H2,1-2H3,(H,16,18)/t11-,13-,14-/m1/s1. The predicted octanol–water partition coefficient (Wildman–Crippen LogP) is 1.35. The third kappa shape index (κ3) is 3.11. The van der Waals surface area contributed by atoms with E-state index in [1.807, 2.05) is 6.07 Å². The highest BCUT2D eigenvalue weighted by Gasteiger charge is 2.33. The van der Waals surface area contributed by atoms with Crippen LogP contribution in [0.5, 0.6) is 5.75 Å². The Hall–Kier alpha value is -1.59. The van der Waals surface area contributed by atoms with E-state index in [9.17, 15) is 9.90 Å². The smallest absolute Gasteiger partial charge is 0.255 e. The molecule has 5 heteroatoms. The van der Waals surface area contributed by atoms with Gasteiger partial charge in [-0.25, -0.2) is 0 Å². The summed E-state index contributed by atoms with van der Waals surface area (Å²) in [6.07, 6.45) is 1.60. The first-order valence-electron chi connectivity index (χ1n) is 6.82. The van der Waals surface area contributed by atoms with Gasteiger partial charge in [-0.2, -0.15) is 0 Å². The van der Waals surface area contributed by atoms with Gasteiger partial charge in [0.05, 0.1) is 24.8 Å². The van der Waals surface area contributed by atoms with Gasteiger partial charge in [0.15, 0.2) is 0 Å². The molecule has 3 atom stereocenters. The Balaban J connectivity index is 2.07. The Morgan fingerprint density at radius 1 is 1.30 bits per heavy atom. The van der Waals surface area contributed by atoms with E-state index in [0.29, 0.717) is 11.3 Å². The maximum atomic E-state index is 12.3. The van der Waals surface area contributed by atoms with Crippen molar-refractivity contribution in [1.82, 2.24) is 5.32 Å². The van der Waals surface area contributed by atoms with Crippen molar-refractivity contribution >= 4 is 5.91 Å². The second-order valence-corrected chi connectivity index (χ2v) is 4.98. The summed E-state index contributed by atoms with van der Waals surface area (Å²) in [5.41, 5.74) is 0.474. The average molecular weight is 279 g/mol. The van der Waals surface area contributed by atoms with Crippen LogP contribution in [0.4, 0.5) is 0 Å². The van der Waals surface area contributed by atoms with Crippen LogP contribution in [0.15, 0.2) is 24.3 Å². The van der Waals surface area contributed by atoms with Crippen molar-refractivity contribution in [1.29, 1.82) is 0 Å². The van der Waals surface area contributed by atoms with Crippen LogP contribution in [0, 0.1) is 0 Å². The van der Waals surface area contributed by atoms with Crippen LogP contribution >= 0.6 is 0 Å². The summed E-state index contributed by atoms with van der Waals surface area (Å²) in [5.74, 6) is 0.293. The molecule has 1 aromatic carbocycles. The molecule has 20 heavy (non-hydrogen) atoms. The average Bonchev–Trinajstić information content (AvgIpc) is 2.49. The number of hydrogen-bond donors (Lipinski definition) is 2. The number of amides is 1. The van der Waals surface area contributed by atoms with Gasteiger partial charge in [0.2, 0.25) is 0 Å². The monoisotopic (exact) mass is 279 g/mol. The molecule has 0 bridgehead atoms. The van der Waals surface area contributed by atoms with Crippen LogP contribution in [-0.2, 0) is 4.74 Å². The highest BCUT2D eigenvalue weighted by Crippen LogP contribution is 2.23. The first-order chi connectivity index (χ1) is 9.67. The molecular formula is C15H21NO4. The van der Waals surface area contributed by atoms with Crippen molar-refractivity contribution in [2.45, 2.75) is 37.5 Å². The summed E-state index contributed by atoms with van der Waals surface area (Å²) in [6.45, 7) is 0. The zero-order valence-corrected chi connectivity index (χ0v) is 11.8. The zero-order chi connectivity index (χ0) is 14.5. The molecule has 0 saturated heterocycles. The van der Waals surface area contributed by atoms with Crippen LogP contribution in [0.25, 0.3) is 0 Å². The Labute approximate surface area is 118 Å². The number of aliphatic hydroxyl groups is 1. The Bertz CT molecular complexity index is 463. The molecule has 0 aliphatic heterocycles. The van der Waals surface area contributed by atoms with Crippen molar-refractivity contribution in [3.05, 3.63) is 29.8 Å². The number of methoxy groups -OCH3 is 2. The van der Waals surface area contributed by atoms with Gasteiger partial charge in [0.1, 0.15) is 11.9 Å². The highest BCUT2D eigenvalue weighted by molar-refractivity contribution is 5.97. The first-order valence-corrected chi connectivity index (χ1v) is 6.82. The van der Waals surface area contributed by atoms with Crippen LogP contribution in [-0.4, -0.2) is 43.5 Å². The summed E-state index contributed by atoms with van der Waals surface area (Å²) in [7, 11) is 3.11. The second-order valence-electron chi connectivity index (χ2n) is 4.98. The summed E-state index contributed by atoms with van der Waals surface area (Å²) < 4.78 is 10.4. The van der Waals surface area contributed by atoms with Crippen molar-refractivity contribution in [2.75, 3.05) is 14.2 Å². The molecule has 0 aromatic heterocycles. The van der Waals surface area contributed by atoms with E-state index >= 15 is 0 Å². The Morgan fingerprint density at radius 2 is 2.05 bits per heavy atom. The lowest BCUT2D eigenvalue weighted by Gasteiger charge is -2.34. The molecule has 2 rings (SSSR count).